The molecule has 1 aromatic rings. The average Bonchev–Trinajstić information content (AvgIpc) is 3.09. The second kappa shape index (κ2) is 4.73. The molecule has 2 rings (SSSR count). The number of anilines is 1. The van der Waals surface area contributed by atoms with E-state index in [9.17, 15) is 4.39 Å². The Morgan fingerprint density at radius 3 is 2.75 bits per heavy atom. The SMILES string of the molecule is CCC(Nc1cc(F)cc(OC)c1)C1CC1. The largest absolute Gasteiger partial charge is 0.497 e. The minimum absolute atomic E-state index is 0.257. The summed E-state index contributed by atoms with van der Waals surface area (Å²) < 4.78 is 18.3. The molecule has 2 nitrogen and oxygen atoms in total. The van der Waals surface area contributed by atoms with E-state index in [0.29, 0.717) is 11.8 Å². The van der Waals surface area contributed by atoms with Gasteiger partial charge in [0.05, 0.1) is 7.11 Å². The van der Waals surface area contributed by atoms with Crippen LogP contribution in [-0.4, -0.2) is 13.2 Å². The molecule has 16 heavy (non-hydrogen) atoms. The molecule has 1 N–H and O–H groups in total. The molecule has 1 aliphatic rings. The summed E-state index contributed by atoms with van der Waals surface area (Å²) in [6.45, 7) is 2.16. The van der Waals surface area contributed by atoms with Gasteiger partial charge in [-0.2, -0.15) is 0 Å². The van der Waals surface area contributed by atoms with Crippen molar-refractivity contribution in [1.82, 2.24) is 0 Å². The molecular formula is C13H18FNO. The first kappa shape index (κ1) is 11.2. The van der Waals surface area contributed by atoms with Crippen LogP contribution in [0.25, 0.3) is 0 Å². The molecule has 1 aromatic carbocycles. The molecule has 1 saturated carbocycles. The van der Waals surface area contributed by atoms with Gasteiger partial charge in [-0.25, -0.2) is 4.39 Å². The molecule has 3 heteroatoms. The van der Waals surface area contributed by atoms with Crippen LogP contribution in [0.2, 0.25) is 0 Å². The van der Waals surface area contributed by atoms with Crippen LogP contribution >= 0.6 is 0 Å². The van der Waals surface area contributed by atoms with Crippen molar-refractivity contribution >= 4 is 5.69 Å². The second-order valence-electron chi connectivity index (χ2n) is 4.38. The number of rotatable bonds is 5. The Hall–Kier alpha value is -1.25. The molecule has 1 unspecified atom stereocenters. The van der Waals surface area contributed by atoms with Crippen LogP contribution in [0, 0.1) is 11.7 Å². The molecule has 0 amide bonds. The summed E-state index contributed by atoms with van der Waals surface area (Å²) >= 11 is 0. The Morgan fingerprint density at radius 1 is 1.44 bits per heavy atom. The van der Waals surface area contributed by atoms with Gasteiger partial charge in [0.2, 0.25) is 0 Å². The Balaban J connectivity index is 2.09. The Morgan fingerprint density at radius 2 is 2.19 bits per heavy atom. The fraction of sp³-hybridized carbons (Fsp3) is 0.538. The second-order valence-corrected chi connectivity index (χ2v) is 4.38. The van der Waals surface area contributed by atoms with Crippen LogP contribution in [0.5, 0.6) is 5.75 Å². The first-order valence-corrected chi connectivity index (χ1v) is 5.84. The van der Waals surface area contributed by atoms with Crippen LogP contribution in [0.3, 0.4) is 0 Å². The van der Waals surface area contributed by atoms with E-state index in [-0.39, 0.29) is 5.82 Å². The third-order valence-electron chi connectivity index (χ3n) is 3.09. The van der Waals surface area contributed by atoms with E-state index in [1.165, 1.54) is 25.0 Å². The highest BCUT2D eigenvalue weighted by Gasteiger charge is 2.29. The molecule has 88 valence electrons. The third-order valence-corrected chi connectivity index (χ3v) is 3.09. The number of benzene rings is 1. The molecule has 0 radical (unpaired) electrons. The maximum Gasteiger partial charge on any atom is 0.128 e. The molecule has 0 saturated heterocycles. The van der Waals surface area contributed by atoms with Gasteiger partial charge in [-0.15, -0.1) is 0 Å². The van der Waals surface area contributed by atoms with Crippen molar-refractivity contribution in [2.24, 2.45) is 5.92 Å². The van der Waals surface area contributed by atoms with Gasteiger partial charge in [-0.1, -0.05) is 6.92 Å². The van der Waals surface area contributed by atoms with Gasteiger partial charge in [-0.3, -0.25) is 0 Å². The van der Waals surface area contributed by atoms with E-state index in [4.69, 9.17) is 4.74 Å². The molecule has 0 aliphatic heterocycles. The molecule has 1 atom stereocenters. The van der Waals surface area contributed by atoms with E-state index >= 15 is 0 Å². The van der Waals surface area contributed by atoms with Crippen molar-refractivity contribution in [3.8, 4) is 5.75 Å². The number of hydrogen-bond acceptors (Lipinski definition) is 2. The molecule has 1 aliphatic carbocycles. The van der Waals surface area contributed by atoms with Gasteiger partial charge in [-0.05, 0) is 31.2 Å². The van der Waals surface area contributed by atoms with Gasteiger partial charge in [0.15, 0.2) is 0 Å². The van der Waals surface area contributed by atoms with E-state index in [0.717, 1.165) is 18.0 Å². The topological polar surface area (TPSA) is 21.3 Å². The molecule has 0 bridgehead atoms. The Kier molecular flexibility index (Phi) is 3.32. The average molecular weight is 223 g/mol. The van der Waals surface area contributed by atoms with Crippen molar-refractivity contribution in [1.29, 1.82) is 0 Å². The van der Waals surface area contributed by atoms with E-state index in [2.05, 4.69) is 12.2 Å². The summed E-state index contributed by atoms with van der Waals surface area (Å²) in [5.41, 5.74) is 0.815. The van der Waals surface area contributed by atoms with Crippen molar-refractivity contribution in [2.45, 2.75) is 32.2 Å². The van der Waals surface area contributed by atoms with Crippen molar-refractivity contribution in [3.05, 3.63) is 24.0 Å². The van der Waals surface area contributed by atoms with Gasteiger partial charge < -0.3 is 10.1 Å². The maximum atomic E-state index is 13.3. The zero-order valence-corrected chi connectivity index (χ0v) is 9.79. The van der Waals surface area contributed by atoms with E-state index in [1.807, 2.05) is 6.07 Å². The maximum absolute atomic E-state index is 13.3. The molecule has 1 fully saturated rings. The van der Waals surface area contributed by atoms with Crippen molar-refractivity contribution < 1.29 is 9.13 Å². The zero-order chi connectivity index (χ0) is 11.5. The monoisotopic (exact) mass is 223 g/mol. The first-order valence-electron chi connectivity index (χ1n) is 5.84. The molecule has 0 aromatic heterocycles. The lowest BCUT2D eigenvalue weighted by atomic mass is 10.1. The highest BCUT2D eigenvalue weighted by atomic mass is 19.1. The predicted octanol–water partition coefficient (Wildman–Crippen LogP) is 3.43. The lowest BCUT2D eigenvalue weighted by Gasteiger charge is -2.18. The fourth-order valence-corrected chi connectivity index (χ4v) is 2.03. The Labute approximate surface area is 95.8 Å². The first-order chi connectivity index (χ1) is 7.72. The fourth-order valence-electron chi connectivity index (χ4n) is 2.03. The smallest absolute Gasteiger partial charge is 0.128 e. The number of methoxy groups -OCH3 is 1. The lowest BCUT2D eigenvalue weighted by Crippen LogP contribution is -2.20. The quantitative estimate of drug-likeness (QED) is 0.825. The summed E-state index contributed by atoms with van der Waals surface area (Å²) in [7, 11) is 1.55. The molecular weight excluding hydrogens is 205 g/mol. The summed E-state index contributed by atoms with van der Waals surface area (Å²) in [5.74, 6) is 1.07. The number of nitrogens with one attached hydrogen (secondary N) is 1. The van der Waals surface area contributed by atoms with Crippen LogP contribution in [-0.2, 0) is 0 Å². The van der Waals surface area contributed by atoms with E-state index in [1.54, 1.807) is 7.11 Å². The van der Waals surface area contributed by atoms with Gasteiger partial charge in [0, 0.05) is 23.9 Å². The number of halogens is 1. The van der Waals surface area contributed by atoms with Crippen LogP contribution in [0.15, 0.2) is 18.2 Å². The van der Waals surface area contributed by atoms with Gasteiger partial charge in [0.25, 0.3) is 0 Å². The summed E-state index contributed by atoms with van der Waals surface area (Å²) in [6.07, 6.45) is 3.65. The lowest BCUT2D eigenvalue weighted by molar-refractivity contribution is 0.411. The minimum atomic E-state index is -0.257. The highest BCUT2D eigenvalue weighted by molar-refractivity contribution is 5.49. The van der Waals surface area contributed by atoms with Crippen molar-refractivity contribution in [2.75, 3.05) is 12.4 Å². The van der Waals surface area contributed by atoms with Crippen LogP contribution in [0.4, 0.5) is 10.1 Å². The number of hydrogen-bond donors (Lipinski definition) is 1. The standard InChI is InChI=1S/C13H18FNO/c1-3-13(9-4-5-9)15-11-6-10(14)7-12(8-11)16-2/h6-9,13,15H,3-5H2,1-2H3. The van der Waals surface area contributed by atoms with Gasteiger partial charge in [0.1, 0.15) is 11.6 Å². The van der Waals surface area contributed by atoms with Crippen LogP contribution in [0.1, 0.15) is 26.2 Å². The summed E-state index contributed by atoms with van der Waals surface area (Å²) in [6, 6.07) is 5.22. The molecule has 0 heterocycles. The normalized spacial score (nSPS) is 16.9. The molecule has 0 spiro atoms. The van der Waals surface area contributed by atoms with Crippen LogP contribution < -0.4 is 10.1 Å². The number of ether oxygens (including phenoxy) is 1. The van der Waals surface area contributed by atoms with Crippen molar-refractivity contribution in [3.63, 3.8) is 0 Å². The summed E-state index contributed by atoms with van der Waals surface area (Å²) in [4.78, 5) is 0. The predicted molar refractivity (Wildman–Crippen MR) is 63.4 cm³/mol. The zero-order valence-electron chi connectivity index (χ0n) is 9.79. The van der Waals surface area contributed by atoms with E-state index < -0.39 is 0 Å². The Bertz CT molecular complexity index is 363. The van der Waals surface area contributed by atoms with Gasteiger partial charge >= 0.3 is 0 Å². The summed E-state index contributed by atoms with van der Waals surface area (Å²) in [5, 5.41) is 3.39. The third kappa shape index (κ3) is 2.65. The highest BCUT2D eigenvalue weighted by Crippen LogP contribution is 2.36. The minimum Gasteiger partial charge on any atom is -0.497 e.